The third kappa shape index (κ3) is 6.78. The molecular formula is C26H24Br2N4Ni. The Morgan fingerprint density at radius 1 is 0.667 bits per heavy atom. The zero-order chi connectivity index (χ0) is 22.9. The average Bonchev–Trinajstić information content (AvgIpc) is 2.87. The molecule has 4 aromatic rings. The van der Waals surface area contributed by atoms with Gasteiger partial charge in [-0.05, 0) is 37.1 Å². The van der Waals surface area contributed by atoms with Gasteiger partial charge in [-0.25, -0.2) is 9.97 Å². The van der Waals surface area contributed by atoms with E-state index >= 15 is 0 Å². The van der Waals surface area contributed by atoms with E-state index in [2.05, 4.69) is 52.7 Å². The van der Waals surface area contributed by atoms with Gasteiger partial charge in [0.2, 0.25) is 0 Å². The van der Waals surface area contributed by atoms with Crippen LogP contribution in [0.2, 0.25) is 0 Å². The first-order chi connectivity index (χ1) is 16.3. The zero-order valence-electron chi connectivity index (χ0n) is 17.9. The van der Waals surface area contributed by atoms with Crippen molar-refractivity contribution in [3.8, 4) is 0 Å². The molecule has 0 amide bonds. The van der Waals surface area contributed by atoms with Crippen molar-refractivity contribution in [3.63, 3.8) is 0 Å². The Labute approximate surface area is 214 Å². The van der Waals surface area contributed by atoms with Crippen LogP contribution in [0.4, 0.5) is 0 Å². The third-order valence-electron chi connectivity index (χ3n) is 5.73. The second kappa shape index (κ2) is 12.5. The molecule has 0 aliphatic heterocycles. The second-order valence-electron chi connectivity index (χ2n) is 7.88. The van der Waals surface area contributed by atoms with Gasteiger partial charge in [0.25, 0.3) is 0 Å². The van der Waals surface area contributed by atoms with Crippen LogP contribution in [0.3, 0.4) is 0 Å². The van der Waals surface area contributed by atoms with Gasteiger partial charge in [0.1, 0.15) is 0 Å². The Morgan fingerprint density at radius 3 is 1.55 bits per heavy atom. The van der Waals surface area contributed by atoms with Crippen molar-refractivity contribution in [2.24, 2.45) is 9.98 Å². The number of rotatable bonds is 4. The van der Waals surface area contributed by atoms with Crippen molar-refractivity contribution in [1.29, 1.82) is 0 Å². The number of benzene rings is 2. The van der Waals surface area contributed by atoms with Gasteiger partial charge in [0.15, 0.2) is 0 Å². The number of pyridine rings is 2. The number of para-hydroxylation sites is 2. The van der Waals surface area contributed by atoms with Gasteiger partial charge in [-0.2, -0.15) is 0 Å². The summed E-state index contributed by atoms with van der Waals surface area (Å²) >= 11 is 6.00. The number of aliphatic imine (C=N–C) groups is 2. The summed E-state index contributed by atoms with van der Waals surface area (Å²) in [6, 6.07) is 25.0. The van der Waals surface area contributed by atoms with Gasteiger partial charge in [-0.1, -0.05) is 61.4 Å². The monoisotopic (exact) mass is 608 g/mol. The van der Waals surface area contributed by atoms with E-state index in [4.69, 9.17) is 20.0 Å². The molecule has 0 saturated heterocycles. The predicted molar refractivity (Wildman–Crippen MR) is 143 cm³/mol. The normalized spacial score (nSPS) is 18.7. The maximum atomic E-state index is 4.88. The topological polar surface area (TPSA) is 50.5 Å². The number of hydrogen-bond donors (Lipinski definition) is 0. The van der Waals surface area contributed by atoms with Crippen molar-refractivity contribution < 1.29 is 10.9 Å². The van der Waals surface area contributed by atoms with E-state index < -0.39 is 0 Å². The summed E-state index contributed by atoms with van der Waals surface area (Å²) in [6.45, 7) is 0. The number of halogens is 2. The van der Waals surface area contributed by atoms with Crippen molar-refractivity contribution >= 4 is 62.7 Å². The van der Waals surface area contributed by atoms with Crippen LogP contribution >= 0.6 is 28.5 Å². The molecule has 5 rings (SSSR count). The van der Waals surface area contributed by atoms with E-state index in [0.29, 0.717) is 0 Å². The summed E-state index contributed by atoms with van der Waals surface area (Å²) in [5.41, 5.74) is 3.81. The Balaban J connectivity index is 0.000000821. The van der Waals surface area contributed by atoms with Crippen LogP contribution in [-0.2, 0) is 10.9 Å². The minimum atomic E-state index is 0.198. The molecule has 2 aromatic carbocycles. The molecule has 1 fully saturated rings. The second-order valence-corrected chi connectivity index (χ2v) is 12.9. The SMILES string of the molecule is C(=N[C@@H]1CCCC[C@H]1N=Cc1ccc2ccccc2n1)c1ccc2ccccc2n1.[Br][Ni][Br]. The first-order valence-electron chi connectivity index (χ1n) is 10.9. The summed E-state index contributed by atoms with van der Waals surface area (Å²) in [5.74, 6) is 0. The van der Waals surface area contributed by atoms with Crippen molar-refractivity contribution in [1.82, 2.24) is 9.97 Å². The summed E-state index contributed by atoms with van der Waals surface area (Å²) in [6.07, 6.45) is 8.37. The van der Waals surface area contributed by atoms with Crippen LogP contribution in [-0.4, -0.2) is 34.5 Å². The van der Waals surface area contributed by atoms with E-state index in [9.17, 15) is 0 Å². The molecule has 172 valence electrons. The van der Waals surface area contributed by atoms with Gasteiger partial charge >= 0.3 is 39.3 Å². The van der Waals surface area contributed by atoms with Gasteiger partial charge in [-0.15, -0.1) is 0 Å². The molecule has 33 heavy (non-hydrogen) atoms. The number of aromatic nitrogens is 2. The molecule has 1 aliphatic rings. The fourth-order valence-electron chi connectivity index (χ4n) is 4.09. The Morgan fingerprint density at radius 2 is 1.09 bits per heavy atom. The Bertz CT molecular complexity index is 1160. The molecule has 1 saturated carbocycles. The van der Waals surface area contributed by atoms with E-state index in [1.165, 1.54) is 23.7 Å². The molecule has 0 unspecified atom stereocenters. The van der Waals surface area contributed by atoms with Crippen LogP contribution in [0.15, 0.2) is 82.8 Å². The molecule has 2 aromatic heterocycles. The van der Waals surface area contributed by atoms with Crippen molar-refractivity contribution in [2.45, 2.75) is 37.8 Å². The molecule has 4 nitrogen and oxygen atoms in total. The number of hydrogen-bond acceptors (Lipinski definition) is 4. The summed E-state index contributed by atoms with van der Waals surface area (Å²) in [5, 5.41) is 2.30. The zero-order valence-corrected chi connectivity index (χ0v) is 22.1. The van der Waals surface area contributed by atoms with Gasteiger partial charge in [0.05, 0.1) is 34.5 Å². The first kappa shape index (κ1) is 24.2. The van der Waals surface area contributed by atoms with E-state index in [1.807, 2.05) is 61.0 Å². The molecule has 0 N–H and O–H groups in total. The number of nitrogens with zero attached hydrogens (tertiary/aromatic N) is 4. The van der Waals surface area contributed by atoms with E-state index in [0.717, 1.165) is 46.0 Å². The quantitative estimate of drug-likeness (QED) is 0.180. The van der Waals surface area contributed by atoms with Crippen LogP contribution in [0.5, 0.6) is 0 Å². The van der Waals surface area contributed by atoms with E-state index in [1.54, 1.807) is 0 Å². The summed E-state index contributed by atoms with van der Waals surface area (Å²) < 4.78 is 0. The molecule has 1 aliphatic carbocycles. The van der Waals surface area contributed by atoms with Crippen LogP contribution < -0.4 is 0 Å². The van der Waals surface area contributed by atoms with Gasteiger partial charge < -0.3 is 0 Å². The Kier molecular flexibility index (Phi) is 9.16. The van der Waals surface area contributed by atoms with Crippen LogP contribution in [0.1, 0.15) is 37.1 Å². The van der Waals surface area contributed by atoms with Crippen LogP contribution in [0.25, 0.3) is 21.8 Å². The van der Waals surface area contributed by atoms with Crippen molar-refractivity contribution in [3.05, 3.63) is 84.2 Å². The molecule has 7 heteroatoms. The minimum absolute atomic E-state index is 0.198. The average molecular weight is 611 g/mol. The first-order valence-corrected chi connectivity index (χ1v) is 15.8. The molecular weight excluding hydrogens is 587 g/mol. The number of fused-ring (bicyclic) bond motifs is 2. The molecule has 2 heterocycles. The van der Waals surface area contributed by atoms with Crippen LogP contribution in [0, 0.1) is 0 Å². The Hall–Kier alpha value is -1.95. The fraction of sp³-hybridized carbons (Fsp3) is 0.231. The molecule has 0 radical (unpaired) electrons. The van der Waals surface area contributed by atoms with E-state index in [-0.39, 0.29) is 12.1 Å². The van der Waals surface area contributed by atoms with Gasteiger partial charge in [-0.3, -0.25) is 9.98 Å². The maximum absolute atomic E-state index is 4.88. The van der Waals surface area contributed by atoms with Crippen molar-refractivity contribution in [2.75, 3.05) is 0 Å². The standard InChI is InChI=1S/C26H24N4.2BrH.Ni/c1-3-9-23-19(7-1)13-15-21(29-23)17-27-25-11-5-6-12-26(25)28-18-22-16-14-20-8-2-4-10-24(20)30-22;;;/h1-4,7-10,13-18,25-26H,5-6,11-12H2;2*1H;/q;;;+2/p-2/t25-,26-;;;/m1.../s1. The molecule has 0 bridgehead atoms. The summed E-state index contributed by atoms with van der Waals surface area (Å²) in [7, 11) is 1.25. The third-order valence-corrected chi connectivity index (χ3v) is 5.73. The molecule has 2 atom stereocenters. The van der Waals surface area contributed by atoms with Gasteiger partial charge in [0, 0.05) is 23.2 Å². The fourth-order valence-corrected chi connectivity index (χ4v) is 4.09. The molecule has 0 spiro atoms. The predicted octanol–water partition coefficient (Wildman–Crippen LogP) is 7.32. The summed E-state index contributed by atoms with van der Waals surface area (Å²) in [4.78, 5) is 19.2.